The fourth-order valence-electron chi connectivity index (χ4n) is 2.69. The van der Waals surface area contributed by atoms with Gasteiger partial charge < -0.3 is 15.3 Å². The van der Waals surface area contributed by atoms with E-state index in [1.54, 1.807) is 0 Å². The predicted molar refractivity (Wildman–Crippen MR) is 79.8 cm³/mol. The molecule has 0 aromatic heterocycles. The van der Waals surface area contributed by atoms with E-state index in [9.17, 15) is 9.59 Å². The summed E-state index contributed by atoms with van der Waals surface area (Å²) in [5.41, 5.74) is 2.37. The molecule has 2 N–H and O–H groups in total. The van der Waals surface area contributed by atoms with Crippen molar-refractivity contribution in [2.45, 2.75) is 32.9 Å². The van der Waals surface area contributed by atoms with Gasteiger partial charge in [0.25, 0.3) is 0 Å². The Morgan fingerprint density at radius 3 is 2.62 bits per heavy atom. The molecule has 0 unspecified atom stereocenters. The van der Waals surface area contributed by atoms with Crippen molar-refractivity contribution in [3.8, 4) is 0 Å². The molecule has 5 nitrogen and oxygen atoms in total. The summed E-state index contributed by atoms with van der Waals surface area (Å²) in [7, 11) is 0. The molecule has 0 radical (unpaired) electrons. The maximum atomic E-state index is 12.6. The molecule has 21 heavy (non-hydrogen) atoms. The van der Waals surface area contributed by atoms with Crippen LogP contribution in [0.4, 0.5) is 0 Å². The highest BCUT2D eigenvalue weighted by atomic mass is 16.4. The number of carboxylic acids is 1. The molecule has 0 saturated heterocycles. The number of aliphatic carboxylic acids is 1. The number of carbonyl (C=O) groups excluding carboxylic acids is 1. The number of nitrogens with zero attached hydrogens (tertiary/aromatic N) is 1. The largest absolute Gasteiger partial charge is 0.480 e. The van der Waals surface area contributed by atoms with Crippen molar-refractivity contribution in [2.75, 3.05) is 13.1 Å². The zero-order valence-electron chi connectivity index (χ0n) is 12.5. The van der Waals surface area contributed by atoms with Gasteiger partial charge in [0, 0.05) is 13.1 Å². The van der Waals surface area contributed by atoms with Crippen molar-refractivity contribution in [3.05, 3.63) is 35.4 Å². The number of benzene rings is 1. The lowest BCUT2D eigenvalue weighted by Crippen LogP contribution is -2.51. The molecule has 114 valence electrons. The minimum Gasteiger partial charge on any atom is -0.480 e. The van der Waals surface area contributed by atoms with Crippen molar-refractivity contribution < 1.29 is 14.7 Å². The van der Waals surface area contributed by atoms with E-state index in [4.69, 9.17) is 5.11 Å². The molecule has 0 spiro atoms. The lowest BCUT2D eigenvalue weighted by Gasteiger charge is -2.31. The molecule has 1 amide bonds. The van der Waals surface area contributed by atoms with Crippen LogP contribution in [-0.4, -0.2) is 41.0 Å². The number of carboxylic acid groups (broad SMARTS) is 1. The van der Waals surface area contributed by atoms with Gasteiger partial charge in [-0.3, -0.25) is 9.59 Å². The van der Waals surface area contributed by atoms with Crippen LogP contribution in [0.3, 0.4) is 0 Å². The van der Waals surface area contributed by atoms with E-state index in [2.05, 4.69) is 5.32 Å². The summed E-state index contributed by atoms with van der Waals surface area (Å²) in [5.74, 6) is -0.856. The van der Waals surface area contributed by atoms with Gasteiger partial charge in [0.05, 0.1) is 6.04 Å². The van der Waals surface area contributed by atoms with Crippen LogP contribution in [0.2, 0.25) is 0 Å². The first-order valence-corrected chi connectivity index (χ1v) is 7.28. The van der Waals surface area contributed by atoms with Crippen molar-refractivity contribution in [3.63, 3.8) is 0 Å². The summed E-state index contributed by atoms with van der Waals surface area (Å²) in [6, 6.07) is 7.69. The van der Waals surface area contributed by atoms with Crippen molar-refractivity contribution in [1.82, 2.24) is 10.2 Å². The predicted octanol–water partition coefficient (Wildman–Crippen LogP) is 1.27. The van der Waals surface area contributed by atoms with E-state index in [-0.39, 0.29) is 24.4 Å². The zero-order chi connectivity index (χ0) is 15.4. The van der Waals surface area contributed by atoms with Crippen LogP contribution < -0.4 is 5.32 Å². The Balaban J connectivity index is 2.09. The van der Waals surface area contributed by atoms with E-state index in [0.717, 1.165) is 5.56 Å². The van der Waals surface area contributed by atoms with Gasteiger partial charge in [0.1, 0.15) is 6.54 Å². The van der Waals surface area contributed by atoms with Gasteiger partial charge in [0.2, 0.25) is 5.91 Å². The number of rotatable bonds is 5. The first kappa shape index (κ1) is 15.5. The number of hydrogen-bond acceptors (Lipinski definition) is 3. The van der Waals surface area contributed by atoms with Gasteiger partial charge in [0.15, 0.2) is 0 Å². The Labute approximate surface area is 125 Å². The molecule has 2 rings (SSSR count). The van der Waals surface area contributed by atoms with Gasteiger partial charge in [-0.25, -0.2) is 0 Å². The molecule has 1 heterocycles. The van der Waals surface area contributed by atoms with E-state index in [1.165, 1.54) is 10.5 Å². The zero-order valence-corrected chi connectivity index (χ0v) is 12.5. The molecule has 1 aromatic carbocycles. The topological polar surface area (TPSA) is 69.6 Å². The average molecular weight is 290 g/mol. The van der Waals surface area contributed by atoms with Crippen LogP contribution in [0, 0.1) is 5.92 Å². The number of amides is 1. The highest BCUT2D eigenvalue weighted by Gasteiger charge is 2.29. The van der Waals surface area contributed by atoms with Crippen LogP contribution in [-0.2, 0) is 22.6 Å². The van der Waals surface area contributed by atoms with Crippen molar-refractivity contribution in [1.29, 1.82) is 0 Å². The molecule has 0 bridgehead atoms. The van der Waals surface area contributed by atoms with Gasteiger partial charge in [-0.1, -0.05) is 38.1 Å². The third kappa shape index (κ3) is 4.04. The Bertz CT molecular complexity index is 528. The second kappa shape index (κ2) is 6.72. The van der Waals surface area contributed by atoms with Gasteiger partial charge >= 0.3 is 5.97 Å². The van der Waals surface area contributed by atoms with Gasteiger partial charge in [-0.15, -0.1) is 0 Å². The monoisotopic (exact) mass is 290 g/mol. The number of fused-ring (bicyclic) bond motifs is 1. The van der Waals surface area contributed by atoms with Crippen molar-refractivity contribution >= 4 is 11.9 Å². The molecule has 1 aliphatic rings. The molecule has 1 aliphatic heterocycles. The maximum Gasteiger partial charge on any atom is 0.323 e. The fraction of sp³-hybridized carbons (Fsp3) is 0.500. The summed E-state index contributed by atoms with van der Waals surface area (Å²) in [6.45, 7) is 4.83. The number of carbonyl (C=O) groups is 2. The third-order valence-corrected chi connectivity index (χ3v) is 3.60. The van der Waals surface area contributed by atoms with E-state index < -0.39 is 5.97 Å². The molecule has 1 atom stereocenters. The van der Waals surface area contributed by atoms with Crippen molar-refractivity contribution in [2.24, 2.45) is 5.92 Å². The quantitative estimate of drug-likeness (QED) is 0.857. The average Bonchev–Trinajstić information content (AvgIpc) is 2.44. The second-order valence-corrected chi connectivity index (χ2v) is 5.91. The molecule has 0 saturated carbocycles. The molecule has 1 aromatic rings. The lowest BCUT2D eigenvalue weighted by molar-refractivity contribution is -0.145. The summed E-state index contributed by atoms with van der Waals surface area (Å²) in [4.78, 5) is 25.0. The Morgan fingerprint density at radius 2 is 2.00 bits per heavy atom. The Kier molecular flexibility index (Phi) is 4.96. The van der Waals surface area contributed by atoms with Gasteiger partial charge in [-0.2, -0.15) is 0 Å². The lowest BCUT2D eigenvalue weighted by atomic mass is 9.95. The summed E-state index contributed by atoms with van der Waals surface area (Å²) in [6.07, 6.45) is 0.614. The molecular formula is C16H22N2O3. The van der Waals surface area contributed by atoms with Crippen LogP contribution in [0.25, 0.3) is 0 Å². The maximum absolute atomic E-state index is 12.6. The second-order valence-electron chi connectivity index (χ2n) is 5.91. The molecule has 0 fully saturated rings. The minimum atomic E-state index is -0.972. The van der Waals surface area contributed by atoms with E-state index >= 15 is 0 Å². The summed E-state index contributed by atoms with van der Waals surface area (Å²) in [5, 5.41) is 12.2. The minimum absolute atomic E-state index is 0.124. The molecule has 5 heteroatoms. The Morgan fingerprint density at radius 1 is 1.33 bits per heavy atom. The van der Waals surface area contributed by atoms with Crippen LogP contribution in [0.15, 0.2) is 24.3 Å². The van der Waals surface area contributed by atoms with Crippen LogP contribution in [0.5, 0.6) is 0 Å². The Hall–Kier alpha value is -1.88. The van der Waals surface area contributed by atoms with E-state index in [1.807, 2.05) is 38.1 Å². The first-order valence-electron chi connectivity index (χ1n) is 7.28. The van der Waals surface area contributed by atoms with Gasteiger partial charge in [-0.05, 0) is 23.5 Å². The standard InChI is InChI=1S/C16H22N2O3/c1-11(2)9-18(10-15(19)20)16(21)14-7-12-5-3-4-6-13(12)8-17-14/h3-6,11,14,17H,7-10H2,1-2H3,(H,19,20)/t14-/m1/s1. The normalized spacial score (nSPS) is 17.4. The fourth-order valence-corrected chi connectivity index (χ4v) is 2.69. The smallest absolute Gasteiger partial charge is 0.323 e. The number of nitrogens with one attached hydrogen (secondary N) is 1. The SMILES string of the molecule is CC(C)CN(CC(=O)O)C(=O)[C@H]1Cc2ccccc2CN1. The number of hydrogen-bond donors (Lipinski definition) is 2. The molecule has 0 aliphatic carbocycles. The third-order valence-electron chi connectivity index (χ3n) is 3.60. The summed E-state index contributed by atoms with van der Waals surface area (Å²) >= 11 is 0. The van der Waals surface area contributed by atoms with Crippen LogP contribution >= 0.6 is 0 Å². The highest BCUT2D eigenvalue weighted by molar-refractivity contribution is 5.86. The highest BCUT2D eigenvalue weighted by Crippen LogP contribution is 2.17. The van der Waals surface area contributed by atoms with E-state index in [0.29, 0.717) is 19.5 Å². The first-order chi connectivity index (χ1) is 9.97. The summed E-state index contributed by atoms with van der Waals surface area (Å²) < 4.78 is 0. The molecular weight excluding hydrogens is 268 g/mol. The van der Waals surface area contributed by atoms with Crippen LogP contribution in [0.1, 0.15) is 25.0 Å².